The molecule has 0 saturated carbocycles. The summed E-state index contributed by atoms with van der Waals surface area (Å²) in [5, 5.41) is 5.33. The van der Waals surface area contributed by atoms with E-state index in [-0.39, 0.29) is 5.82 Å². The number of aromatic nitrogens is 1. The molecule has 0 bridgehead atoms. The summed E-state index contributed by atoms with van der Waals surface area (Å²) < 4.78 is 13.2. The first-order chi connectivity index (χ1) is 10.2. The molecule has 0 aliphatic rings. The SMILES string of the molecule is C/C(=N\Nc1ccc2ccccc2n1)c1cccc(F)c1. The average molecular weight is 279 g/mol. The van der Waals surface area contributed by atoms with Gasteiger partial charge in [-0.1, -0.05) is 30.3 Å². The van der Waals surface area contributed by atoms with Gasteiger partial charge in [0.05, 0.1) is 11.2 Å². The predicted molar refractivity (Wildman–Crippen MR) is 84.0 cm³/mol. The van der Waals surface area contributed by atoms with Crippen LogP contribution in [0.1, 0.15) is 12.5 Å². The Hall–Kier alpha value is -2.75. The van der Waals surface area contributed by atoms with Gasteiger partial charge >= 0.3 is 0 Å². The van der Waals surface area contributed by atoms with E-state index in [1.54, 1.807) is 6.07 Å². The standard InChI is InChI=1S/C17H14FN3/c1-12(14-6-4-7-15(18)11-14)20-21-17-10-9-13-5-2-3-8-16(13)19-17/h2-11H,1H3,(H,19,21)/b20-12+. The maximum absolute atomic E-state index is 13.2. The van der Waals surface area contributed by atoms with Crippen molar-refractivity contribution in [2.75, 3.05) is 5.43 Å². The van der Waals surface area contributed by atoms with Gasteiger partial charge in [-0.05, 0) is 37.3 Å². The van der Waals surface area contributed by atoms with Gasteiger partial charge in [-0.25, -0.2) is 9.37 Å². The number of halogens is 1. The van der Waals surface area contributed by atoms with Crippen molar-refractivity contribution in [2.45, 2.75) is 6.92 Å². The van der Waals surface area contributed by atoms with Crippen LogP contribution in [0.5, 0.6) is 0 Å². The van der Waals surface area contributed by atoms with Crippen LogP contribution >= 0.6 is 0 Å². The number of nitrogens with zero attached hydrogens (tertiary/aromatic N) is 2. The van der Waals surface area contributed by atoms with Gasteiger partial charge in [0.15, 0.2) is 0 Å². The molecule has 1 aromatic heterocycles. The normalized spacial score (nSPS) is 11.6. The smallest absolute Gasteiger partial charge is 0.146 e. The summed E-state index contributed by atoms with van der Waals surface area (Å²) in [4.78, 5) is 4.47. The minimum atomic E-state index is -0.272. The van der Waals surface area contributed by atoms with Crippen molar-refractivity contribution >= 4 is 22.4 Å². The maximum atomic E-state index is 13.2. The zero-order chi connectivity index (χ0) is 14.7. The van der Waals surface area contributed by atoms with E-state index in [0.29, 0.717) is 11.5 Å². The lowest BCUT2D eigenvalue weighted by molar-refractivity contribution is 0.627. The van der Waals surface area contributed by atoms with E-state index >= 15 is 0 Å². The Labute approximate surface area is 122 Å². The molecule has 3 aromatic rings. The Kier molecular flexibility index (Phi) is 3.60. The molecule has 0 unspecified atom stereocenters. The second-order valence-electron chi connectivity index (χ2n) is 4.71. The first kappa shape index (κ1) is 13.2. The second kappa shape index (κ2) is 5.71. The van der Waals surface area contributed by atoms with Crippen LogP contribution in [0.15, 0.2) is 65.8 Å². The quantitative estimate of drug-likeness (QED) is 0.576. The van der Waals surface area contributed by atoms with Gasteiger partial charge in [0.2, 0.25) is 0 Å². The van der Waals surface area contributed by atoms with Gasteiger partial charge in [0, 0.05) is 10.9 Å². The van der Waals surface area contributed by atoms with Crippen molar-refractivity contribution in [1.29, 1.82) is 0 Å². The summed E-state index contributed by atoms with van der Waals surface area (Å²) in [5.74, 6) is 0.385. The molecule has 0 atom stereocenters. The van der Waals surface area contributed by atoms with E-state index in [2.05, 4.69) is 15.5 Å². The number of benzene rings is 2. The largest absolute Gasteiger partial charge is 0.261 e. The highest BCUT2D eigenvalue weighted by molar-refractivity contribution is 5.99. The summed E-state index contributed by atoms with van der Waals surface area (Å²) in [5.41, 5.74) is 5.25. The molecule has 0 amide bonds. The number of para-hydroxylation sites is 1. The van der Waals surface area contributed by atoms with Crippen LogP contribution in [0.25, 0.3) is 10.9 Å². The summed E-state index contributed by atoms with van der Waals surface area (Å²) in [7, 11) is 0. The molecule has 0 fully saturated rings. The molecule has 0 saturated heterocycles. The molecule has 3 rings (SSSR count). The number of fused-ring (bicyclic) bond motifs is 1. The number of rotatable bonds is 3. The molecule has 3 nitrogen and oxygen atoms in total. The molecule has 0 spiro atoms. The van der Waals surface area contributed by atoms with Gasteiger partial charge < -0.3 is 0 Å². The van der Waals surface area contributed by atoms with Crippen LogP contribution in [0.2, 0.25) is 0 Å². The first-order valence-corrected chi connectivity index (χ1v) is 6.64. The first-order valence-electron chi connectivity index (χ1n) is 6.64. The Bertz CT molecular complexity index is 812. The molecule has 104 valence electrons. The molecule has 0 radical (unpaired) electrons. The van der Waals surface area contributed by atoms with E-state index in [1.165, 1.54) is 12.1 Å². The summed E-state index contributed by atoms with van der Waals surface area (Å²) in [6.07, 6.45) is 0. The fourth-order valence-electron chi connectivity index (χ4n) is 2.05. The number of hydrogen-bond acceptors (Lipinski definition) is 3. The second-order valence-corrected chi connectivity index (χ2v) is 4.71. The number of nitrogens with one attached hydrogen (secondary N) is 1. The zero-order valence-electron chi connectivity index (χ0n) is 11.5. The lowest BCUT2D eigenvalue weighted by Crippen LogP contribution is -2.01. The highest BCUT2D eigenvalue weighted by atomic mass is 19.1. The monoisotopic (exact) mass is 279 g/mol. The Morgan fingerprint density at radius 3 is 2.76 bits per heavy atom. The van der Waals surface area contributed by atoms with Crippen LogP contribution in [-0.4, -0.2) is 10.7 Å². The minimum absolute atomic E-state index is 0.272. The number of anilines is 1. The highest BCUT2D eigenvalue weighted by Crippen LogP contribution is 2.14. The van der Waals surface area contributed by atoms with Gasteiger partial charge in [0.25, 0.3) is 0 Å². The fourth-order valence-corrected chi connectivity index (χ4v) is 2.05. The number of pyridine rings is 1. The third-order valence-corrected chi connectivity index (χ3v) is 3.18. The third kappa shape index (κ3) is 3.05. The van der Waals surface area contributed by atoms with Crippen molar-refractivity contribution in [3.8, 4) is 0 Å². The highest BCUT2D eigenvalue weighted by Gasteiger charge is 2.00. The summed E-state index contributed by atoms with van der Waals surface area (Å²) >= 11 is 0. The van der Waals surface area contributed by atoms with Crippen molar-refractivity contribution < 1.29 is 4.39 Å². The molecule has 0 aliphatic heterocycles. The van der Waals surface area contributed by atoms with E-state index in [4.69, 9.17) is 0 Å². The van der Waals surface area contributed by atoms with Crippen LogP contribution in [0, 0.1) is 5.82 Å². The van der Waals surface area contributed by atoms with E-state index < -0.39 is 0 Å². The van der Waals surface area contributed by atoms with Gasteiger partial charge in [0.1, 0.15) is 11.6 Å². The Morgan fingerprint density at radius 2 is 1.90 bits per heavy atom. The number of hydrazone groups is 1. The van der Waals surface area contributed by atoms with Gasteiger partial charge in [-0.2, -0.15) is 5.10 Å². The molecule has 2 aromatic carbocycles. The predicted octanol–water partition coefficient (Wildman–Crippen LogP) is 4.21. The molecule has 1 N–H and O–H groups in total. The molecule has 4 heteroatoms. The maximum Gasteiger partial charge on any atom is 0.146 e. The minimum Gasteiger partial charge on any atom is -0.261 e. The summed E-state index contributed by atoms with van der Waals surface area (Å²) in [6, 6.07) is 18.1. The average Bonchev–Trinajstić information content (AvgIpc) is 2.52. The molecule has 0 aliphatic carbocycles. The topological polar surface area (TPSA) is 37.3 Å². The third-order valence-electron chi connectivity index (χ3n) is 3.18. The lowest BCUT2D eigenvalue weighted by atomic mass is 10.1. The summed E-state index contributed by atoms with van der Waals surface area (Å²) in [6.45, 7) is 1.82. The molecular weight excluding hydrogens is 265 g/mol. The van der Waals surface area contributed by atoms with Crippen LogP contribution in [0.3, 0.4) is 0 Å². The van der Waals surface area contributed by atoms with Crippen molar-refractivity contribution in [2.24, 2.45) is 5.10 Å². The molecule has 21 heavy (non-hydrogen) atoms. The van der Waals surface area contributed by atoms with Gasteiger partial charge in [-0.3, -0.25) is 5.43 Å². The van der Waals surface area contributed by atoms with E-state index in [1.807, 2.05) is 49.4 Å². The van der Waals surface area contributed by atoms with Crippen LogP contribution in [0.4, 0.5) is 10.2 Å². The van der Waals surface area contributed by atoms with Crippen LogP contribution < -0.4 is 5.43 Å². The lowest BCUT2D eigenvalue weighted by Gasteiger charge is -2.04. The van der Waals surface area contributed by atoms with Crippen molar-refractivity contribution in [3.63, 3.8) is 0 Å². The van der Waals surface area contributed by atoms with Crippen molar-refractivity contribution in [3.05, 3.63) is 72.0 Å². The van der Waals surface area contributed by atoms with E-state index in [9.17, 15) is 4.39 Å². The Morgan fingerprint density at radius 1 is 1.05 bits per heavy atom. The molecule has 1 heterocycles. The van der Waals surface area contributed by atoms with E-state index in [0.717, 1.165) is 16.5 Å². The van der Waals surface area contributed by atoms with Gasteiger partial charge in [-0.15, -0.1) is 0 Å². The number of hydrogen-bond donors (Lipinski definition) is 1. The van der Waals surface area contributed by atoms with Crippen molar-refractivity contribution in [1.82, 2.24) is 4.98 Å². The fraction of sp³-hybridized carbons (Fsp3) is 0.0588. The Balaban J connectivity index is 1.83. The molecular formula is C17H14FN3. The zero-order valence-corrected chi connectivity index (χ0v) is 11.5. The van der Waals surface area contributed by atoms with Crippen LogP contribution in [-0.2, 0) is 0 Å².